The quantitative estimate of drug-likeness (QED) is 0.789. The summed E-state index contributed by atoms with van der Waals surface area (Å²) in [5, 5.41) is 0. The van der Waals surface area contributed by atoms with Crippen LogP contribution in [0.2, 0.25) is 0 Å². The van der Waals surface area contributed by atoms with Gasteiger partial charge in [-0.25, -0.2) is 0 Å². The zero-order valence-corrected chi connectivity index (χ0v) is 13.6. The summed E-state index contributed by atoms with van der Waals surface area (Å²) in [4.78, 5) is 7.33. The van der Waals surface area contributed by atoms with E-state index >= 15 is 0 Å². The summed E-state index contributed by atoms with van der Waals surface area (Å²) in [6.45, 7) is 12.8. The molecule has 2 heterocycles. The molecule has 0 amide bonds. The molecular weight excluding hydrogens is 244 g/mol. The average Bonchev–Trinajstić information content (AvgIpc) is 2.46. The van der Waals surface area contributed by atoms with E-state index in [0.29, 0.717) is 11.8 Å². The van der Waals surface area contributed by atoms with Crippen LogP contribution in [0, 0.1) is 5.92 Å². The predicted molar refractivity (Wildman–Crippen MR) is 86.2 cm³/mol. The van der Waals surface area contributed by atoms with Gasteiger partial charge >= 0.3 is 0 Å². The Kier molecular flexibility index (Phi) is 5.59. The molecule has 2 heteroatoms. The summed E-state index contributed by atoms with van der Waals surface area (Å²) < 4.78 is 0. The standard InChI is InChI=1S/C18H30N2/c1-14(2)7-10-20-11-8-16(9-12-20)18-6-5-17(13-19-18)15(3)4/h5-6,13-16H,7-12H2,1-4H3. The first-order valence-electron chi connectivity index (χ1n) is 8.24. The summed E-state index contributed by atoms with van der Waals surface area (Å²) in [7, 11) is 0. The molecule has 0 bridgehead atoms. The van der Waals surface area contributed by atoms with E-state index in [4.69, 9.17) is 4.98 Å². The van der Waals surface area contributed by atoms with Crippen molar-refractivity contribution >= 4 is 0 Å². The highest BCUT2D eigenvalue weighted by Gasteiger charge is 2.21. The van der Waals surface area contributed by atoms with Crippen LogP contribution >= 0.6 is 0 Å². The van der Waals surface area contributed by atoms with E-state index in [1.165, 1.54) is 50.2 Å². The molecule has 20 heavy (non-hydrogen) atoms. The Morgan fingerprint density at radius 3 is 2.35 bits per heavy atom. The van der Waals surface area contributed by atoms with Gasteiger partial charge < -0.3 is 4.90 Å². The van der Waals surface area contributed by atoms with Crippen molar-refractivity contribution in [2.24, 2.45) is 5.92 Å². The Morgan fingerprint density at radius 2 is 1.85 bits per heavy atom. The lowest BCUT2D eigenvalue weighted by Gasteiger charge is -2.32. The monoisotopic (exact) mass is 274 g/mol. The van der Waals surface area contributed by atoms with Gasteiger partial charge in [0.1, 0.15) is 0 Å². The summed E-state index contributed by atoms with van der Waals surface area (Å²) in [5.41, 5.74) is 2.65. The maximum absolute atomic E-state index is 4.70. The molecule has 0 saturated carbocycles. The minimum Gasteiger partial charge on any atom is -0.303 e. The Balaban J connectivity index is 1.84. The molecule has 0 unspecified atom stereocenters. The summed E-state index contributed by atoms with van der Waals surface area (Å²) >= 11 is 0. The second-order valence-electron chi connectivity index (χ2n) is 6.97. The third kappa shape index (κ3) is 4.31. The fourth-order valence-electron chi connectivity index (χ4n) is 2.89. The van der Waals surface area contributed by atoms with Crippen LogP contribution in [0.3, 0.4) is 0 Å². The lowest BCUT2D eigenvalue weighted by molar-refractivity contribution is 0.201. The normalized spacial score (nSPS) is 18.1. The third-order valence-electron chi connectivity index (χ3n) is 4.50. The van der Waals surface area contributed by atoms with Gasteiger partial charge in [-0.05, 0) is 62.4 Å². The van der Waals surface area contributed by atoms with Crippen LogP contribution < -0.4 is 0 Å². The van der Waals surface area contributed by atoms with E-state index in [1.807, 2.05) is 0 Å². The first-order valence-corrected chi connectivity index (χ1v) is 8.24. The van der Waals surface area contributed by atoms with Crippen LogP contribution in [0.1, 0.15) is 70.1 Å². The van der Waals surface area contributed by atoms with Crippen molar-refractivity contribution < 1.29 is 0 Å². The number of rotatable bonds is 5. The second-order valence-corrected chi connectivity index (χ2v) is 6.97. The fraction of sp³-hybridized carbons (Fsp3) is 0.722. The van der Waals surface area contributed by atoms with Crippen molar-refractivity contribution in [3.8, 4) is 0 Å². The Labute approximate surface area is 124 Å². The highest BCUT2D eigenvalue weighted by Crippen LogP contribution is 2.27. The van der Waals surface area contributed by atoms with Gasteiger partial charge in [0.05, 0.1) is 0 Å². The van der Waals surface area contributed by atoms with Gasteiger partial charge in [-0.15, -0.1) is 0 Å². The van der Waals surface area contributed by atoms with Crippen LogP contribution in [0.5, 0.6) is 0 Å². The van der Waals surface area contributed by atoms with Crippen molar-refractivity contribution in [1.82, 2.24) is 9.88 Å². The van der Waals surface area contributed by atoms with Gasteiger partial charge in [0.15, 0.2) is 0 Å². The number of pyridine rings is 1. The van der Waals surface area contributed by atoms with Crippen LogP contribution in [0.25, 0.3) is 0 Å². The Bertz CT molecular complexity index is 386. The molecule has 0 N–H and O–H groups in total. The van der Waals surface area contributed by atoms with E-state index < -0.39 is 0 Å². The van der Waals surface area contributed by atoms with Gasteiger partial charge in [0.25, 0.3) is 0 Å². The number of piperidine rings is 1. The minimum atomic E-state index is 0.578. The topological polar surface area (TPSA) is 16.1 Å². The number of hydrogen-bond donors (Lipinski definition) is 0. The van der Waals surface area contributed by atoms with Crippen molar-refractivity contribution in [1.29, 1.82) is 0 Å². The molecule has 1 fully saturated rings. The molecule has 1 aromatic rings. The minimum absolute atomic E-state index is 0.578. The van der Waals surface area contributed by atoms with Crippen molar-refractivity contribution in [2.75, 3.05) is 19.6 Å². The molecular formula is C18H30N2. The van der Waals surface area contributed by atoms with Gasteiger partial charge in [-0.3, -0.25) is 4.98 Å². The molecule has 0 spiro atoms. The van der Waals surface area contributed by atoms with Gasteiger partial charge in [0, 0.05) is 17.8 Å². The van der Waals surface area contributed by atoms with Crippen molar-refractivity contribution in [3.05, 3.63) is 29.6 Å². The van der Waals surface area contributed by atoms with Crippen LogP contribution in [0.15, 0.2) is 18.3 Å². The number of likely N-dealkylation sites (tertiary alicyclic amines) is 1. The van der Waals surface area contributed by atoms with E-state index in [9.17, 15) is 0 Å². The van der Waals surface area contributed by atoms with Crippen molar-refractivity contribution in [3.63, 3.8) is 0 Å². The Morgan fingerprint density at radius 1 is 1.15 bits per heavy atom. The summed E-state index contributed by atoms with van der Waals surface area (Å²) in [5.74, 6) is 2.07. The highest BCUT2D eigenvalue weighted by atomic mass is 15.1. The summed E-state index contributed by atoms with van der Waals surface area (Å²) in [6, 6.07) is 4.52. The molecule has 0 aliphatic carbocycles. The first-order chi connectivity index (χ1) is 9.56. The molecule has 2 rings (SSSR count). The summed E-state index contributed by atoms with van der Waals surface area (Å²) in [6.07, 6.45) is 5.94. The molecule has 2 nitrogen and oxygen atoms in total. The molecule has 0 radical (unpaired) electrons. The Hall–Kier alpha value is -0.890. The number of aromatic nitrogens is 1. The molecule has 1 aromatic heterocycles. The zero-order chi connectivity index (χ0) is 14.5. The number of nitrogens with zero attached hydrogens (tertiary/aromatic N) is 2. The van der Waals surface area contributed by atoms with Crippen LogP contribution in [0.4, 0.5) is 0 Å². The highest BCUT2D eigenvalue weighted by molar-refractivity contribution is 5.19. The van der Waals surface area contributed by atoms with E-state index in [0.717, 1.165) is 5.92 Å². The van der Waals surface area contributed by atoms with E-state index in [2.05, 4.69) is 50.9 Å². The van der Waals surface area contributed by atoms with Crippen LogP contribution in [-0.2, 0) is 0 Å². The molecule has 112 valence electrons. The predicted octanol–water partition coefficient (Wildman–Crippen LogP) is 4.43. The lowest BCUT2D eigenvalue weighted by atomic mass is 9.92. The van der Waals surface area contributed by atoms with Gasteiger partial charge in [0.2, 0.25) is 0 Å². The molecule has 1 saturated heterocycles. The largest absolute Gasteiger partial charge is 0.303 e. The van der Waals surface area contributed by atoms with Crippen molar-refractivity contribution in [2.45, 2.75) is 58.8 Å². The average molecular weight is 274 g/mol. The lowest BCUT2D eigenvalue weighted by Crippen LogP contribution is -2.34. The molecule has 0 atom stereocenters. The molecule has 0 aromatic carbocycles. The molecule has 1 aliphatic rings. The SMILES string of the molecule is CC(C)CCN1CCC(c2ccc(C(C)C)cn2)CC1. The third-order valence-corrected chi connectivity index (χ3v) is 4.50. The zero-order valence-electron chi connectivity index (χ0n) is 13.6. The van der Waals surface area contributed by atoms with Gasteiger partial charge in [-0.1, -0.05) is 33.8 Å². The number of hydrogen-bond acceptors (Lipinski definition) is 2. The van der Waals surface area contributed by atoms with E-state index in [-0.39, 0.29) is 0 Å². The van der Waals surface area contributed by atoms with Crippen LogP contribution in [-0.4, -0.2) is 29.5 Å². The smallest absolute Gasteiger partial charge is 0.0435 e. The maximum atomic E-state index is 4.70. The first kappa shape index (κ1) is 15.5. The fourth-order valence-corrected chi connectivity index (χ4v) is 2.89. The van der Waals surface area contributed by atoms with E-state index in [1.54, 1.807) is 0 Å². The van der Waals surface area contributed by atoms with Gasteiger partial charge in [-0.2, -0.15) is 0 Å². The maximum Gasteiger partial charge on any atom is 0.0435 e. The second kappa shape index (κ2) is 7.21. The molecule has 1 aliphatic heterocycles.